The maximum Gasteiger partial charge on any atom is 0.416 e. The fraction of sp³-hybridized carbons (Fsp3) is 0.250. The molecule has 0 spiro atoms. The molecule has 0 saturated carbocycles. The number of hydrogen-bond donors (Lipinski definition) is 0. The second-order valence-electron chi connectivity index (χ2n) is 6.60. The van der Waals surface area contributed by atoms with Crippen LogP contribution >= 0.6 is 15.9 Å². The Morgan fingerprint density at radius 3 is 2.52 bits per heavy atom. The van der Waals surface area contributed by atoms with E-state index in [-0.39, 0.29) is 31.0 Å². The van der Waals surface area contributed by atoms with Crippen molar-refractivity contribution in [3.63, 3.8) is 0 Å². The summed E-state index contributed by atoms with van der Waals surface area (Å²) in [5.74, 6) is -0.230. The Balaban J connectivity index is 1.64. The number of aryl methyl sites for hydroxylation is 1. The number of rotatable bonds is 5. The highest BCUT2D eigenvalue weighted by Crippen LogP contribution is 2.29. The van der Waals surface area contributed by atoms with Crippen LogP contribution in [0.2, 0.25) is 0 Å². The van der Waals surface area contributed by atoms with E-state index in [4.69, 9.17) is 0 Å². The molecule has 152 valence electrons. The summed E-state index contributed by atoms with van der Waals surface area (Å²) in [7, 11) is 1.57. The average molecular weight is 468 g/mol. The number of nitrogens with zero attached hydrogens (tertiary/aromatic N) is 3. The molecule has 0 aliphatic heterocycles. The molecule has 0 saturated heterocycles. The quantitative estimate of drug-likeness (QED) is 0.564. The van der Waals surface area contributed by atoms with Gasteiger partial charge in [0.1, 0.15) is 0 Å². The summed E-state index contributed by atoms with van der Waals surface area (Å²) in [5.41, 5.74) is 0.183. The number of halogens is 4. The first-order valence-electron chi connectivity index (χ1n) is 8.70. The maximum atomic E-state index is 12.6. The van der Waals surface area contributed by atoms with Crippen molar-refractivity contribution < 1.29 is 18.0 Å². The van der Waals surface area contributed by atoms with Gasteiger partial charge in [-0.3, -0.25) is 14.2 Å². The fourth-order valence-corrected chi connectivity index (χ4v) is 3.22. The predicted octanol–water partition coefficient (Wildman–Crippen LogP) is 4.23. The summed E-state index contributed by atoms with van der Waals surface area (Å²) in [6.07, 6.45) is -2.92. The zero-order valence-electron chi connectivity index (χ0n) is 15.4. The third-order valence-electron chi connectivity index (χ3n) is 4.48. The number of carbonyl (C=O) groups is 1. The minimum atomic E-state index is -4.39. The van der Waals surface area contributed by atoms with E-state index in [9.17, 15) is 22.8 Å². The molecule has 1 amide bonds. The highest BCUT2D eigenvalue weighted by Gasteiger charge is 2.30. The molecule has 3 rings (SSSR count). The Morgan fingerprint density at radius 2 is 1.86 bits per heavy atom. The summed E-state index contributed by atoms with van der Waals surface area (Å²) in [5, 5.41) is 0.451. The van der Waals surface area contributed by atoms with E-state index in [0.29, 0.717) is 16.5 Å². The first kappa shape index (κ1) is 21.0. The van der Waals surface area contributed by atoms with Crippen LogP contribution in [-0.2, 0) is 24.1 Å². The van der Waals surface area contributed by atoms with Crippen molar-refractivity contribution in [2.75, 3.05) is 7.05 Å². The lowest BCUT2D eigenvalue weighted by Crippen LogP contribution is -2.29. The molecule has 3 aromatic rings. The van der Waals surface area contributed by atoms with E-state index in [1.807, 2.05) is 0 Å². The van der Waals surface area contributed by atoms with Crippen LogP contribution in [0.15, 0.2) is 58.1 Å². The van der Waals surface area contributed by atoms with Gasteiger partial charge in [0.25, 0.3) is 5.56 Å². The largest absolute Gasteiger partial charge is 0.416 e. The summed E-state index contributed by atoms with van der Waals surface area (Å²) in [4.78, 5) is 30.6. The molecule has 0 aliphatic carbocycles. The van der Waals surface area contributed by atoms with Crippen molar-refractivity contribution in [1.29, 1.82) is 0 Å². The molecule has 0 atom stereocenters. The molecule has 1 heterocycles. The van der Waals surface area contributed by atoms with Gasteiger partial charge < -0.3 is 4.90 Å². The molecular formula is C20H17BrF3N3O2. The van der Waals surface area contributed by atoms with Gasteiger partial charge in [0.2, 0.25) is 5.91 Å². The Bertz CT molecular complexity index is 1090. The predicted molar refractivity (Wildman–Crippen MR) is 106 cm³/mol. The van der Waals surface area contributed by atoms with Crippen LogP contribution in [0, 0.1) is 0 Å². The molecule has 9 heteroatoms. The Morgan fingerprint density at radius 1 is 1.17 bits per heavy atom. The zero-order chi connectivity index (χ0) is 21.2. The van der Waals surface area contributed by atoms with Crippen molar-refractivity contribution in [2.45, 2.75) is 25.7 Å². The van der Waals surface area contributed by atoms with Crippen LogP contribution in [0.1, 0.15) is 17.5 Å². The van der Waals surface area contributed by atoms with Crippen molar-refractivity contribution >= 4 is 32.7 Å². The van der Waals surface area contributed by atoms with Crippen molar-refractivity contribution in [2.24, 2.45) is 0 Å². The number of amides is 1. The molecule has 5 nitrogen and oxygen atoms in total. The van der Waals surface area contributed by atoms with E-state index in [1.54, 1.807) is 25.2 Å². The molecule has 0 radical (unpaired) electrons. The summed E-state index contributed by atoms with van der Waals surface area (Å²) in [6.45, 7) is 0.333. The average Bonchev–Trinajstić information content (AvgIpc) is 2.67. The molecule has 2 aromatic carbocycles. The third-order valence-corrected chi connectivity index (χ3v) is 4.97. The van der Waals surface area contributed by atoms with E-state index >= 15 is 0 Å². The molecule has 0 aliphatic rings. The normalized spacial score (nSPS) is 11.6. The van der Waals surface area contributed by atoms with Crippen LogP contribution in [0.5, 0.6) is 0 Å². The summed E-state index contributed by atoms with van der Waals surface area (Å²) in [6, 6.07) is 9.88. The first-order chi connectivity index (χ1) is 13.6. The van der Waals surface area contributed by atoms with Gasteiger partial charge in [-0.2, -0.15) is 13.2 Å². The number of carbonyl (C=O) groups excluding carboxylic acids is 1. The minimum absolute atomic E-state index is 0.0677. The monoisotopic (exact) mass is 467 g/mol. The Labute approximate surface area is 172 Å². The first-order valence-corrected chi connectivity index (χ1v) is 9.49. The second-order valence-corrected chi connectivity index (χ2v) is 7.51. The van der Waals surface area contributed by atoms with Crippen LogP contribution in [0.4, 0.5) is 13.2 Å². The van der Waals surface area contributed by atoms with Gasteiger partial charge in [0.05, 0.1) is 22.8 Å². The highest BCUT2D eigenvalue weighted by atomic mass is 79.9. The zero-order valence-corrected chi connectivity index (χ0v) is 17.0. The Kier molecular flexibility index (Phi) is 6.07. The van der Waals surface area contributed by atoms with Gasteiger partial charge in [-0.15, -0.1) is 0 Å². The van der Waals surface area contributed by atoms with E-state index in [1.165, 1.54) is 27.9 Å². The lowest BCUT2D eigenvalue weighted by Gasteiger charge is -2.18. The third kappa shape index (κ3) is 5.03. The van der Waals surface area contributed by atoms with Gasteiger partial charge in [0, 0.05) is 31.0 Å². The van der Waals surface area contributed by atoms with Crippen molar-refractivity contribution in [3.8, 4) is 0 Å². The van der Waals surface area contributed by atoms with E-state index in [2.05, 4.69) is 20.9 Å². The molecular weight excluding hydrogens is 451 g/mol. The fourth-order valence-electron chi connectivity index (χ4n) is 2.86. The van der Waals surface area contributed by atoms with Gasteiger partial charge >= 0.3 is 6.18 Å². The van der Waals surface area contributed by atoms with Gasteiger partial charge in [-0.1, -0.05) is 28.1 Å². The topological polar surface area (TPSA) is 55.2 Å². The second kappa shape index (κ2) is 8.36. The SMILES string of the molecule is CN(Cc1ccc(C(F)(F)F)cc1)C(=O)CCn1cnc2ccc(Br)cc2c1=O. The van der Waals surface area contributed by atoms with Crippen LogP contribution in [-0.4, -0.2) is 27.4 Å². The number of aromatic nitrogens is 2. The van der Waals surface area contributed by atoms with Crippen molar-refractivity contribution in [3.05, 3.63) is 74.7 Å². The van der Waals surface area contributed by atoms with E-state index < -0.39 is 11.7 Å². The lowest BCUT2D eigenvalue weighted by atomic mass is 10.1. The lowest BCUT2D eigenvalue weighted by molar-refractivity contribution is -0.137. The van der Waals surface area contributed by atoms with Crippen LogP contribution < -0.4 is 5.56 Å². The standard InChI is InChI=1S/C20H17BrF3N3O2/c1-26(11-13-2-4-14(5-3-13)20(22,23)24)18(28)8-9-27-12-25-17-7-6-15(21)10-16(17)19(27)29/h2-7,10,12H,8-9,11H2,1H3. The van der Waals surface area contributed by atoms with Gasteiger partial charge in [-0.05, 0) is 35.9 Å². The molecule has 0 N–H and O–H groups in total. The van der Waals surface area contributed by atoms with Gasteiger partial charge in [0.15, 0.2) is 0 Å². The maximum absolute atomic E-state index is 12.6. The summed E-state index contributed by atoms with van der Waals surface area (Å²) < 4.78 is 40.0. The number of hydrogen-bond acceptors (Lipinski definition) is 3. The molecule has 0 unspecified atom stereocenters. The van der Waals surface area contributed by atoms with Crippen LogP contribution in [0.25, 0.3) is 10.9 Å². The number of fused-ring (bicyclic) bond motifs is 1. The Hall–Kier alpha value is -2.68. The molecule has 0 fully saturated rings. The summed E-state index contributed by atoms with van der Waals surface area (Å²) >= 11 is 3.32. The van der Waals surface area contributed by atoms with Crippen molar-refractivity contribution in [1.82, 2.24) is 14.5 Å². The van der Waals surface area contributed by atoms with Crippen LogP contribution in [0.3, 0.4) is 0 Å². The highest BCUT2D eigenvalue weighted by molar-refractivity contribution is 9.10. The minimum Gasteiger partial charge on any atom is -0.341 e. The van der Waals surface area contributed by atoms with E-state index in [0.717, 1.165) is 16.6 Å². The van der Waals surface area contributed by atoms with Gasteiger partial charge in [-0.25, -0.2) is 4.98 Å². The smallest absolute Gasteiger partial charge is 0.341 e. The number of alkyl halides is 3. The number of benzene rings is 2. The molecule has 29 heavy (non-hydrogen) atoms. The molecule has 1 aromatic heterocycles. The molecule has 0 bridgehead atoms.